The molecule has 5 heteroatoms. The SMILES string of the molecule is N#Cc1ccc(-c2nc(N)cs2)cn1. The van der Waals surface area contributed by atoms with Crippen molar-refractivity contribution in [2.24, 2.45) is 0 Å². The number of nitriles is 1. The molecule has 2 aromatic heterocycles. The summed E-state index contributed by atoms with van der Waals surface area (Å²) >= 11 is 1.46. The summed E-state index contributed by atoms with van der Waals surface area (Å²) in [6.07, 6.45) is 1.62. The summed E-state index contributed by atoms with van der Waals surface area (Å²) in [6.45, 7) is 0. The van der Waals surface area contributed by atoms with Crippen LogP contribution in [0.15, 0.2) is 23.7 Å². The molecule has 4 nitrogen and oxygen atoms in total. The van der Waals surface area contributed by atoms with E-state index in [1.54, 1.807) is 17.6 Å². The molecule has 0 radical (unpaired) electrons. The second-order valence-electron chi connectivity index (χ2n) is 2.62. The standard InChI is InChI=1S/C9H6N4S/c10-3-7-2-1-6(4-12-7)9-13-8(11)5-14-9/h1-2,4-5H,11H2. The number of pyridine rings is 1. The van der Waals surface area contributed by atoms with Gasteiger partial charge in [-0.05, 0) is 12.1 Å². The highest BCUT2D eigenvalue weighted by Gasteiger charge is 2.02. The third-order valence-corrected chi connectivity index (χ3v) is 2.56. The van der Waals surface area contributed by atoms with Crippen molar-refractivity contribution in [1.82, 2.24) is 9.97 Å². The highest BCUT2D eigenvalue weighted by Crippen LogP contribution is 2.23. The lowest BCUT2D eigenvalue weighted by molar-refractivity contribution is 1.26. The van der Waals surface area contributed by atoms with Gasteiger partial charge in [-0.3, -0.25) is 0 Å². The van der Waals surface area contributed by atoms with Crippen LogP contribution >= 0.6 is 11.3 Å². The molecule has 0 spiro atoms. The molecule has 0 aliphatic rings. The predicted molar refractivity (Wildman–Crippen MR) is 54.5 cm³/mol. The molecule has 0 atom stereocenters. The summed E-state index contributed by atoms with van der Waals surface area (Å²) < 4.78 is 0. The van der Waals surface area contributed by atoms with E-state index < -0.39 is 0 Å². The Bertz CT molecular complexity index is 480. The normalized spacial score (nSPS) is 9.64. The van der Waals surface area contributed by atoms with Crippen molar-refractivity contribution < 1.29 is 0 Å². The van der Waals surface area contributed by atoms with Gasteiger partial charge in [0.15, 0.2) is 0 Å². The fourth-order valence-corrected chi connectivity index (χ4v) is 1.71. The highest BCUT2D eigenvalue weighted by atomic mass is 32.1. The number of nitrogen functional groups attached to an aromatic ring is 1. The van der Waals surface area contributed by atoms with E-state index in [-0.39, 0.29) is 0 Å². The Morgan fingerprint density at radius 1 is 1.43 bits per heavy atom. The lowest BCUT2D eigenvalue weighted by atomic mass is 10.3. The van der Waals surface area contributed by atoms with E-state index in [0.717, 1.165) is 10.6 Å². The van der Waals surface area contributed by atoms with Crippen molar-refractivity contribution in [1.29, 1.82) is 5.26 Å². The first-order valence-corrected chi connectivity index (χ1v) is 4.75. The van der Waals surface area contributed by atoms with Gasteiger partial charge < -0.3 is 5.73 Å². The second-order valence-corrected chi connectivity index (χ2v) is 3.48. The number of anilines is 1. The van der Waals surface area contributed by atoms with Crippen LogP contribution < -0.4 is 5.73 Å². The van der Waals surface area contributed by atoms with Gasteiger partial charge >= 0.3 is 0 Å². The molecule has 2 rings (SSSR count). The Kier molecular flexibility index (Phi) is 2.13. The number of hydrogen-bond acceptors (Lipinski definition) is 5. The molecule has 0 unspecified atom stereocenters. The van der Waals surface area contributed by atoms with Gasteiger partial charge in [0.05, 0.1) is 0 Å². The molecule has 0 amide bonds. The molecule has 2 N–H and O–H groups in total. The van der Waals surface area contributed by atoms with E-state index in [0.29, 0.717) is 11.5 Å². The molecule has 0 saturated carbocycles. The maximum Gasteiger partial charge on any atom is 0.140 e. The average Bonchev–Trinajstić information content (AvgIpc) is 2.65. The first-order chi connectivity index (χ1) is 6.79. The third kappa shape index (κ3) is 1.56. The maximum atomic E-state index is 8.56. The first kappa shape index (κ1) is 8.66. The number of nitrogens with two attached hydrogens (primary N) is 1. The summed E-state index contributed by atoms with van der Waals surface area (Å²) in [4.78, 5) is 8.06. The topological polar surface area (TPSA) is 75.6 Å². The Morgan fingerprint density at radius 3 is 2.79 bits per heavy atom. The minimum Gasteiger partial charge on any atom is -0.383 e. The van der Waals surface area contributed by atoms with Gasteiger partial charge in [0.25, 0.3) is 0 Å². The van der Waals surface area contributed by atoms with E-state index in [4.69, 9.17) is 11.0 Å². The van der Waals surface area contributed by atoms with Gasteiger partial charge in [0, 0.05) is 17.1 Å². The lowest BCUT2D eigenvalue weighted by Gasteiger charge is -1.93. The van der Waals surface area contributed by atoms with E-state index in [2.05, 4.69) is 9.97 Å². The van der Waals surface area contributed by atoms with Gasteiger partial charge in [-0.15, -0.1) is 11.3 Å². The third-order valence-electron chi connectivity index (χ3n) is 1.65. The fourth-order valence-electron chi connectivity index (χ4n) is 1.01. The molecule has 0 aliphatic carbocycles. The van der Waals surface area contributed by atoms with Crippen LogP contribution in [-0.4, -0.2) is 9.97 Å². The predicted octanol–water partition coefficient (Wildman–Crippen LogP) is 1.66. The highest BCUT2D eigenvalue weighted by molar-refractivity contribution is 7.13. The molecule has 14 heavy (non-hydrogen) atoms. The smallest absolute Gasteiger partial charge is 0.140 e. The molecular weight excluding hydrogens is 196 g/mol. The minimum absolute atomic E-state index is 0.401. The molecule has 0 aromatic carbocycles. The summed E-state index contributed by atoms with van der Waals surface area (Å²) in [5.41, 5.74) is 6.78. The monoisotopic (exact) mass is 202 g/mol. The second kappa shape index (κ2) is 3.44. The van der Waals surface area contributed by atoms with Crippen LogP contribution in [0.1, 0.15) is 5.69 Å². The van der Waals surface area contributed by atoms with Crippen molar-refractivity contribution in [3.05, 3.63) is 29.4 Å². The zero-order valence-electron chi connectivity index (χ0n) is 7.14. The summed E-state index contributed by atoms with van der Waals surface area (Å²) in [5, 5.41) is 11.1. The van der Waals surface area contributed by atoms with Crippen molar-refractivity contribution in [2.75, 3.05) is 5.73 Å². The van der Waals surface area contributed by atoms with Gasteiger partial charge in [-0.1, -0.05) is 0 Å². The number of nitrogens with zero attached hydrogens (tertiary/aromatic N) is 3. The number of rotatable bonds is 1. The molecule has 2 heterocycles. The number of hydrogen-bond donors (Lipinski definition) is 1. The fraction of sp³-hybridized carbons (Fsp3) is 0. The van der Waals surface area contributed by atoms with Crippen LogP contribution in [0, 0.1) is 11.3 Å². The van der Waals surface area contributed by atoms with E-state index in [9.17, 15) is 0 Å². The molecule has 2 aromatic rings. The lowest BCUT2D eigenvalue weighted by Crippen LogP contribution is -1.85. The summed E-state index contributed by atoms with van der Waals surface area (Å²) in [6, 6.07) is 5.43. The van der Waals surface area contributed by atoms with Crippen LogP contribution in [0.25, 0.3) is 10.6 Å². The molecule has 0 fully saturated rings. The van der Waals surface area contributed by atoms with E-state index in [1.165, 1.54) is 11.3 Å². The van der Waals surface area contributed by atoms with E-state index >= 15 is 0 Å². The molecule has 0 saturated heterocycles. The molecule has 0 aliphatic heterocycles. The van der Waals surface area contributed by atoms with Gasteiger partial charge in [0.1, 0.15) is 22.6 Å². The molecule has 68 valence electrons. The van der Waals surface area contributed by atoms with Crippen molar-refractivity contribution in [2.45, 2.75) is 0 Å². The molecule has 0 bridgehead atoms. The number of aromatic nitrogens is 2. The van der Waals surface area contributed by atoms with E-state index in [1.807, 2.05) is 12.1 Å². The van der Waals surface area contributed by atoms with Crippen molar-refractivity contribution in [3.8, 4) is 16.6 Å². The Labute approximate surface area is 84.7 Å². The van der Waals surface area contributed by atoms with Gasteiger partial charge in [0.2, 0.25) is 0 Å². The Morgan fingerprint density at radius 2 is 2.29 bits per heavy atom. The largest absolute Gasteiger partial charge is 0.383 e. The molecular formula is C9H6N4S. The summed E-state index contributed by atoms with van der Waals surface area (Å²) in [7, 11) is 0. The van der Waals surface area contributed by atoms with Crippen LogP contribution in [0.5, 0.6) is 0 Å². The maximum absolute atomic E-state index is 8.56. The number of thiazole rings is 1. The van der Waals surface area contributed by atoms with Crippen LogP contribution in [0.3, 0.4) is 0 Å². The van der Waals surface area contributed by atoms with Crippen LogP contribution in [-0.2, 0) is 0 Å². The minimum atomic E-state index is 0.401. The van der Waals surface area contributed by atoms with Crippen LogP contribution in [0.4, 0.5) is 5.82 Å². The van der Waals surface area contributed by atoms with Gasteiger partial charge in [-0.25, -0.2) is 9.97 Å². The van der Waals surface area contributed by atoms with Crippen molar-refractivity contribution in [3.63, 3.8) is 0 Å². The quantitative estimate of drug-likeness (QED) is 0.763. The van der Waals surface area contributed by atoms with Gasteiger partial charge in [-0.2, -0.15) is 5.26 Å². The van der Waals surface area contributed by atoms with Crippen LogP contribution in [0.2, 0.25) is 0 Å². The zero-order valence-corrected chi connectivity index (χ0v) is 7.95. The van der Waals surface area contributed by atoms with Crippen molar-refractivity contribution >= 4 is 17.2 Å². The Balaban J connectivity index is 2.39. The Hall–Kier alpha value is -1.93. The average molecular weight is 202 g/mol. The zero-order chi connectivity index (χ0) is 9.97. The first-order valence-electron chi connectivity index (χ1n) is 3.87. The summed E-state index contributed by atoms with van der Waals surface area (Å²) in [5.74, 6) is 0.509.